The minimum atomic E-state index is -0.510. The third kappa shape index (κ3) is 5.27. The number of fused-ring (bicyclic) bond motifs is 2. The van der Waals surface area contributed by atoms with Gasteiger partial charge < -0.3 is 19.7 Å². The van der Waals surface area contributed by atoms with Crippen LogP contribution in [-0.2, 0) is 4.74 Å². The van der Waals surface area contributed by atoms with Crippen LogP contribution in [0, 0.1) is 0 Å². The molecular weight excluding hydrogens is 462 g/mol. The Hall–Kier alpha value is -3.13. The molecule has 0 spiro atoms. The van der Waals surface area contributed by atoms with Crippen LogP contribution in [0.2, 0.25) is 0 Å². The third-order valence-corrected chi connectivity index (χ3v) is 7.53. The average Bonchev–Trinajstić information content (AvgIpc) is 3.27. The quantitative estimate of drug-likeness (QED) is 0.509. The molecule has 2 atom stereocenters. The van der Waals surface area contributed by atoms with E-state index in [-0.39, 0.29) is 24.0 Å². The molecule has 0 unspecified atom stereocenters. The summed E-state index contributed by atoms with van der Waals surface area (Å²) in [4.78, 5) is 32.3. The number of likely N-dealkylation sites (tertiary alicyclic amines) is 1. The summed E-state index contributed by atoms with van der Waals surface area (Å²) in [6, 6.07) is 13.4. The van der Waals surface area contributed by atoms with Gasteiger partial charge >= 0.3 is 6.09 Å². The number of benzene rings is 2. The molecule has 1 N–H and O–H groups in total. The first kappa shape index (κ1) is 23.6. The van der Waals surface area contributed by atoms with Crippen molar-refractivity contribution < 1.29 is 19.1 Å². The number of hydrogen-bond acceptors (Lipinski definition) is 6. The molecule has 0 bridgehead atoms. The van der Waals surface area contributed by atoms with Crippen LogP contribution in [0.5, 0.6) is 5.75 Å². The molecule has 3 heterocycles. The Labute approximate surface area is 209 Å². The van der Waals surface area contributed by atoms with Crippen LogP contribution in [0.3, 0.4) is 0 Å². The van der Waals surface area contributed by atoms with Gasteiger partial charge in [0.15, 0.2) is 0 Å². The maximum Gasteiger partial charge on any atom is 0.410 e. The van der Waals surface area contributed by atoms with E-state index in [4.69, 9.17) is 14.5 Å². The van der Waals surface area contributed by atoms with Gasteiger partial charge in [-0.3, -0.25) is 4.79 Å². The van der Waals surface area contributed by atoms with Gasteiger partial charge in [0.05, 0.1) is 27.9 Å². The number of ether oxygens (including phenoxy) is 2. The molecular formula is C27H31N3O4S. The summed E-state index contributed by atoms with van der Waals surface area (Å²) in [5, 5.41) is 4.17. The molecule has 8 heteroatoms. The number of nitrogens with zero attached hydrogens (tertiary/aromatic N) is 2. The fourth-order valence-electron chi connectivity index (χ4n) is 4.66. The van der Waals surface area contributed by atoms with E-state index in [1.807, 2.05) is 63.2 Å². The molecule has 2 aliphatic heterocycles. The number of rotatable bonds is 3. The molecule has 2 aliphatic rings. The number of para-hydroxylation sites is 1. The highest BCUT2D eigenvalue weighted by Gasteiger charge is 2.30. The molecule has 2 amide bonds. The Morgan fingerprint density at radius 3 is 2.83 bits per heavy atom. The monoisotopic (exact) mass is 493 g/mol. The zero-order valence-electron chi connectivity index (χ0n) is 20.4. The fourth-order valence-corrected chi connectivity index (χ4v) is 5.80. The molecule has 1 saturated heterocycles. The number of carbonyl (C=O) groups excluding carboxylic acids is 2. The third-order valence-electron chi connectivity index (χ3n) is 6.35. The van der Waals surface area contributed by atoms with Gasteiger partial charge in [-0.1, -0.05) is 18.2 Å². The second-order valence-electron chi connectivity index (χ2n) is 10.2. The maximum absolute atomic E-state index is 13.1. The SMILES string of the molecule is CC(C)(C)OC(=O)N1CCC[C@H](c2nc3ccc(C(=O)N[C@H]4CCOc5ccccc54)cc3s2)C1. The Kier molecular flexibility index (Phi) is 6.40. The predicted molar refractivity (Wildman–Crippen MR) is 136 cm³/mol. The topological polar surface area (TPSA) is 80.8 Å². The Morgan fingerprint density at radius 2 is 2.00 bits per heavy atom. The van der Waals surface area contributed by atoms with Gasteiger partial charge in [0.25, 0.3) is 5.91 Å². The first-order valence-corrected chi connectivity index (χ1v) is 13.0. The highest BCUT2D eigenvalue weighted by molar-refractivity contribution is 7.18. The van der Waals surface area contributed by atoms with Crippen LogP contribution in [0.15, 0.2) is 42.5 Å². The van der Waals surface area contributed by atoms with Crippen molar-refractivity contribution in [2.45, 2.75) is 57.6 Å². The maximum atomic E-state index is 13.1. The molecule has 184 valence electrons. The first-order chi connectivity index (χ1) is 16.8. The molecule has 7 nitrogen and oxygen atoms in total. The predicted octanol–water partition coefficient (Wildman–Crippen LogP) is 5.66. The summed E-state index contributed by atoms with van der Waals surface area (Å²) >= 11 is 1.61. The molecule has 0 radical (unpaired) electrons. The lowest BCUT2D eigenvalue weighted by Crippen LogP contribution is -2.42. The standard InChI is InChI=1S/C27H31N3O4S/c1-27(2,3)34-26(32)30-13-6-7-18(16-30)25-29-21-11-10-17(15-23(21)35-25)24(31)28-20-12-14-33-22-9-5-4-8-19(20)22/h4-5,8-11,15,18,20H,6-7,12-14,16H2,1-3H3,(H,28,31)/t18-,20-/m0/s1. The van der Waals surface area contributed by atoms with Gasteiger partial charge in [-0.2, -0.15) is 0 Å². The molecule has 35 heavy (non-hydrogen) atoms. The molecule has 1 fully saturated rings. The van der Waals surface area contributed by atoms with Crippen molar-refractivity contribution in [3.8, 4) is 5.75 Å². The van der Waals surface area contributed by atoms with E-state index in [1.165, 1.54) is 0 Å². The van der Waals surface area contributed by atoms with Crippen molar-refractivity contribution in [1.82, 2.24) is 15.2 Å². The minimum Gasteiger partial charge on any atom is -0.493 e. The van der Waals surface area contributed by atoms with Crippen molar-refractivity contribution in [2.75, 3.05) is 19.7 Å². The summed E-state index contributed by atoms with van der Waals surface area (Å²) in [7, 11) is 0. The lowest BCUT2D eigenvalue weighted by atomic mass is 9.99. The van der Waals surface area contributed by atoms with Crippen molar-refractivity contribution in [3.63, 3.8) is 0 Å². The van der Waals surface area contributed by atoms with Gasteiger partial charge in [0, 0.05) is 36.6 Å². The van der Waals surface area contributed by atoms with Crippen molar-refractivity contribution >= 4 is 33.6 Å². The van der Waals surface area contributed by atoms with Crippen LogP contribution >= 0.6 is 11.3 Å². The summed E-state index contributed by atoms with van der Waals surface area (Å²) in [5.74, 6) is 0.904. The molecule has 5 rings (SSSR count). The number of amides is 2. The molecule has 1 aromatic heterocycles. The lowest BCUT2D eigenvalue weighted by molar-refractivity contribution is 0.0198. The van der Waals surface area contributed by atoms with Gasteiger partial charge in [-0.15, -0.1) is 11.3 Å². The van der Waals surface area contributed by atoms with E-state index in [0.717, 1.165) is 45.8 Å². The van der Waals surface area contributed by atoms with E-state index in [2.05, 4.69) is 5.32 Å². The fraction of sp³-hybridized carbons (Fsp3) is 0.444. The zero-order valence-corrected chi connectivity index (χ0v) is 21.2. The Bertz CT molecular complexity index is 1250. The smallest absolute Gasteiger partial charge is 0.410 e. The van der Waals surface area contributed by atoms with Crippen molar-refractivity contribution in [2.24, 2.45) is 0 Å². The number of aromatic nitrogens is 1. The van der Waals surface area contributed by atoms with E-state index < -0.39 is 5.60 Å². The molecule has 2 aromatic carbocycles. The lowest BCUT2D eigenvalue weighted by Gasteiger charge is -2.33. The number of piperidine rings is 1. The highest BCUT2D eigenvalue weighted by Crippen LogP contribution is 2.35. The van der Waals surface area contributed by atoms with Gasteiger partial charge in [-0.25, -0.2) is 9.78 Å². The van der Waals surface area contributed by atoms with Crippen molar-refractivity contribution in [1.29, 1.82) is 0 Å². The summed E-state index contributed by atoms with van der Waals surface area (Å²) in [6.07, 6.45) is 2.37. The summed E-state index contributed by atoms with van der Waals surface area (Å²) in [5.41, 5.74) is 2.01. The number of thiazole rings is 1. The van der Waals surface area contributed by atoms with Crippen LogP contribution < -0.4 is 10.1 Å². The first-order valence-electron chi connectivity index (χ1n) is 12.2. The highest BCUT2D eigenvalue weighted by atomic mass is 32.1. The number of hydrogen-bond donors (Lipinski definition) is 1. The summed E-state index contributed by atoms with van der Waals surface area (Å²) in [6.45, 7) is 7.54. The second kappa shape index (κ2) is 9.49. The molecule has 0 saturated carbocycles. The van der Waals surface area contributed by atoms with Crippen LogP contribution in [0.1, 0.15) is 72.9 Å². The van der Waals surface area contributed by atoms with Gasteiger partial charge in [0.1, 0.15) is 11.4 Å². The zero-order chi connectivity index (χ0) is 24.6. The summed E-state index contributed by atoms with van der Waals surface area (Å²) < 4.78 is 12.3. The molecule has 0 aliphatic carbocycles. The Morgan fingerprint density at radius 1 is 1.17 bits per heavy atom. The van der Waals surface area contributed by atoms with E-state index in [1.54, 1.807) is 16.2 Å². The van der Waals surface area contributed by atoms with E-state index >= 15 is 0 Å². The Balaban J connectivity index is 1.30. The largest absolute Gasteiger partial charge is 0.493 e. The van der Waals surface area contributed by atoms with Gasteiger partial charge in [-0.05, 0) is 57.9 Å². The average molecular weight is 494 g/mol. The molecule has 3 aromatic rings. The van der Waals surface area contributed by atoms with Crippen LogP contribution in [-0.4, -0.2) is 47.2 Å². The van der Waals surface area contributed by atoms with Gasteiger partial charge in [0.2, 0.25) is 0 Å². The number of nitrogens with one attached hydrogen (secondary N) is 1. The van der Waals surface area contributed by atoms with Crippen molar-refractivity contribution in [3.05, 3.63) is 58.6 Å². The van der Waals surface area contributed by atoms with Crippen LogP contribution in [0.4, 0.5) is 4.79 Å². The van der Waals surface area contributed by atoms with E-state index in [0.29, 0.717) is 25.3 Å². The van der Waals surface area contributed by atoms with Crippen LogP contribution in [0.25, 0.3) is 10.2 Å². The van der Waals surface area contributed by atoms with E-state index in [9.17, 15) is 9.59 Å². The second-order valence-corrected chi connectivity index (χ2v) is 11.3. The minimum absolute atomic E-state index is 0.0683. The number of carbonyl (C=O) groups is 2. The normalized spacial score (nSPS) is 20.1.